The molecule has 0 aromatic carbocycles. The summed E-state index contributed by atoms with van der Waals surface area (Å²) in [5, 5.41) is 2.85. The summed E-state index contributed by atoms with van der Waals surface area (Å²) >= 11 is 0. The molecule has 3 heteroatoms. The zero-order valence-corrected chi connectivity index (χ0v) is 6.63. The average Bonchev–Trinajstić information content (AvgIpc) is 2.59. The fraction of sp³-hybridized carbons (Fsp3) is 0.750. The number of Topliss-reactive ketones (excluding diaryl/α,β-unsaturated/α-hetero) is 2. The van der Waals surface area contributed by atoms with Crippen molar-refractivity contribution in [1.29, 1.82) is 0 Å². The molecular formula is C8H11NO2. The number of hydrogen-bond acceptors (Lipinski definition) is 3. The third-order valence-corrected chi connectivity index (χ3v) is 2.48. The van der Waals surface area contributed by atoms with Crippen LogP contribution in [0.3, 0.4) is 0 Å². The topological polar surface area (TPSA) is 56.1 Å². The van der Waals surface area contributed by atoms with Crippen LogP contribution in [-0.4, -0.2) is 23.7 Å². The molecule has 0 bridgehead atoms. The maximum absolute atomic E-state index is 11.3. The molecule has 0 aromatic rings. The molecule has 1 N–H and O–H groups in total. The second-order valence-electron chi connectivity index (χ2n) is 3.65. The van der Waals surface area contributed by atoms with Gasteiger partial charge in [0, 0.05) is 0 Å². The Kier molecular flexibility index (Phi) is 1.21. The molecule has 0 amide bonds. The molecule has 0 radical (unpaired) electrons. The molecule has 60 valence electrons. The largest absolute Gasteiger partial charge is 0.297 e. The second kappa shape index (κ2) is 1.91. The summed E-state index contributed by atoms with van der Waals surface area (Å²) in [6, 6.07) is -0.232. The molecule has 1 aliphatic carbocycles. The zero-order valence-electron chi connectivity index (χ0n) is 6.63. The van der Waals surface area contributed by atoms with Crippen LogP contribution in [0.2, 0.25) is 0 Å². The highest BCUT2D eigenvalue weighted by Crippen LogP contribution is 2.33. The molecule has 3 nitrogen and oxygen atoms in total. The van der Waals surface area contributed by atoms with Crippen LogP contribution in [0.4, 0.5) is 0 Å². The van der Waals surface area contributed by atoms with E-state index in [1.165, 1.54) is 0 Å². The standard InChI is InChI=1S/C8H11NO2/c1-3(2)4-7(10)5-6(9-5)8(4)11/h3-6,9H,1-2H3. The first kappa shape index (κ1) is 6.98. The minimum absolute atomic E-state index is 0.106. The van der Waals surface area contributed by atoms with Crippen LogP contribution in [-0.2, 0) is 9.59 Å². The number of carbonyl (C=O) groups excluding carboxylic acids is 2. The van der Waals surface area contributed by atoms with Gasteiger partial charge in [-0.15, -0.1) is 0 Å². The third kappa shape index (κ3) is 0.774. The van der Waals surface area contributed by atoms with E-state index in [-0.39, 0.29) is 35.5 Å². The second-order valence-corrected chi connectivity index (χ2v) is 3.65. The van der Waals surface area contributed by atoms with Gasteiger partial charge in [0.1, 0.15) is 0 Å². The highest BCUT2D eigenvalue weighted by Gasteiger charge is 2.59. The summed E-state index contributed by atoms with van der Waals surface area (Å²) in [4.78, 5) is 22.6. The molecule has 1 aliphatic heterocycles. The Balaban J connectivity index is 2.23. The number of ketones is 2. The van der Waals surface area contributed by atoms with E-state index >= 15 is 0 Å². The Morgan fingerprint density at radius 1 is 1.18 bits per heavy atom. The van der Waals surface area contributed by atoms with Gasteiger partial charge in [-0.3, -0.25) is 14.9 Å². The number of fused-ring (bicyclic) bond motifs is 1. The molecule has 1 saturated carbocycles. The molecular weight excluding hydrogens is 142 g/mol. The number of hydrogen-bond donors (Lipinski definition) is 1. The summed E-state index contributed by atoms with van der Waals surface area (Å²) in [6.45, 7) is 3.84. The lowest BCUT2D eigenvalue weighted by Gasteiger charge is -2.12. The molecule has 2 fully saturated rings. The van der Waals surface area contributed by atoms with Gasteiger partial charge in [0.2, 0.25) is 0 Å². The molecule has 11 heavy (non-hydrogen) atoms. The van der Waals surface area contributed by atoms with Gasteiger partial charge in [0.05, 0.1) is 18.0 Å². The number of rotatable bonds is 1. The Morgan fingerprint density at radius 3 is 1.91 bits per heavy atom. The van der Waals surface area contributed by atoms with Crippen molar-refractivity contribution < 1.29 is 9.59 Å². The summed E-state index contributed by atoms with van der Waals surface area (Å²) in [5.74, 6) is 0.0702. The quantitative estimate of drug-likeness (QED) is 0.417. The van der Waals surface area contributed by atoms with Crippen LogP contribution in [0, 0.1) is 11.8 Å². The molecule has 0 spiro atoms. The van der Waals surface area contributed by atoms with Gasteiger partial charge < -0.3 is 0 Å². The van der Waals surface area contributed by atoms with E-state index in [1.54, 1.807) is 0 Å². The lowest BCUT2D eigenvalue weighted by atomic mass is 9.91. The van der Waals surface area contributed by atoms with Gasteiger partial charge in [0.15, 0.2) is 11.6 Å². The van der Waals surface area contributed by atoms with Crippen molar-refractivity contribution in [2.45, 2.75) is 25.9 Å². The smallest absolute Gasteiger partial charge is 0.162 e. The number of nitrogens with one attached hydrogen (secondary N) is 1. The van der Waals surface area contributed by atoms with Gasteiger partial charge in [0.25, 0.3) is 0 Å². The lowest BCUT2D eigenvalue weighted by Crippen LogP contribution is -2.29. The molecule has 2 atom stereocenters. The van der Waals surface area contributed by atoms with Crippen molar-refractivity contribution in [2.75, 3.05) is 0 Å². The van der Waals surface area contributed by atoms with Crippen molar-refractivity contribution >= 4 is 11.6 Å². The third-order valence-electron chi connectivity index (χ3n) is 2.48. The minimum Gasteiger partial charge on any atom is -0.297 e. The summed E-state index contributed by atoms with van der Waals surface area (Å²) in [7, 11) is 0. The highest BCUT2D eigenvalue weighted by molar-refractivity contribution is 6.19. The Labute approximate surface area is 65.2 Å². The first-order valence-electron chi connectivity index (χ1n) is 3.96. The molecule has 2 aliphatic rings. The monoisotopic (exact) mass is 153 g/mol. The van der Waals surface area contributed by atoms with E-state index < -0.39 is 0 Å². The Morgan fingerprint density at radius 2 is 1.64 bits per heavy atom. The van der Waals surface area contributed by atoms with E-state index in [0.717, 1.165) is 0 Å². The zero-order chi connectivity index (χ0) is 8.17. The summed E-state index contributed by atoms with van der Waals surface area (Å²) in [5.41, 5.74) is 0. The van der Waals surface area contributed by atoms with Gasteiger partial charge in [-0.25, -0.2) is 0 Å². The lowest BCUT2D eigenvalue weighted by molar-refractivity contribution is -0.130. The number of piperidine rings is 1. The van der Waals surface area contributed by atoms with Gasteiger partial charge >= 0.3 is 0 Å². The van der Waals surface area contributed by atoms with Crippen molar-refractivity contribution in [3.05, 3.63) is 0 Å². The van der Waals surface area contributed by atoms with Crippen molar-refractivity contribution in [3.8, 4) is 0 Å². The van der Waals surface area contributed by atoms with Crippen LogP contribution in [0.1, 0.15) is 13.8 Å². The molecule has 1 heterocycles. The Bertz CT molecular complexity index is 214. The first-order chi connectivity index (χ1) is 5.13. The number of carbonyl (C=O) groups is 2. The van der Waals surface area contributed by atoms with E-state index in [0.29, 0.717) is 0 Å². The van der Waals surface area contributed by atoms with Gasteiger partial charge in [-0.1, -0.05) is 13.8 Å². The van der Waals surface area contributed by atoms with Crippen LogP contribution >= 0.6 is 0 Å². The van der Waals surface area contributed by atoms with Crippen molar-refractivity contribution in [3.63, 3.8) is 0 Å². The minimum atomic E-state index is -0.314. The maximum atomic E-state index is 11.3. The maximum Gasteiger partial charge on any atom is 0.162 e. The fourth-order valence-corrected chi connectivity index (χ4v) is 1.81. The molecule has 1 saturated heterocycles. The molecule has 0 aromatic heterocycles. The van der Waals surface area contributed by atoms with E-state index in [2.05, 4.69) is 5.32 Å². The fourth-order valence-electron chi connectivity index (χ4n) is 1.81. The normalized spacial score (nSPS) is 41.5. The molecule has 2 rings (SSSR count). The summed E-state index contributed by atoms with van der Waals surface area (Å²) < 4.78 is 0. The van der Waals surface area contributed by atoms with E-state index in [1.807, 2.05) is 13.8 Å². The first-order valence-corrected chi connectivity index (χ1v) is 3.96. The average molecular weight is 153 g/mol. The van der Waals surface area contributed by atoms with Crippen molar-refractivity contribution in [2.24, 2.45) is 11.8 Å². The highest BCUT2D eigenvalue weighted by atomic mass is 16.2. The van der Waals surface area contributed by atoms with Crippen LogP contribution in [0.15, 0.2) is 0 Å². The van der Waals surface area contributed by atoms with E-state index in [4.69, 9.17) is 0 Å². The van der Waals surface area contributed by atoms with E-state index in [9.17, 15) is 9.59 Å². The van der Waals surface area contributed by atoms with Crippen LogP contribution < -0.4 is 5.32 Å². The van der Waals surface area contributed by atoms with Gasteiger partial charge in [-0.2, -0.15) is 0 Å². The van der Waals surface area contributed by atoms with Crippen LogP contribution in [0.5, 0.6) is 0 Å². The predicted molar refractivity (Wildman–Crippen MR) is 39.1 cm³/mol. The molecule has 2 unspecified atom stereocenters. The predicted octanol–water partition coefficient (Wildman–Crippen LogP) is -0.249. The Hall–Kier alpha value is -0.700. The van der Waals surface area contributed by atoms with Crippen LogP contribution in [0.25, 0.3) is 0 Å². The van der Waals surface area contributed by atoms with Gasteiger partial charge in [-0.05, 0) is 5.92 Å². The van der Waals surface area contributed by atoms with Crippen molar-refractivity contribution in [1.82, 2.24) is 5.32 Å². The SMILES string of the molecule is CC(C)C1C(=O)C2NC2C1=O. The summed E-state index contributed by atoms with van der Waals surface area (Å²) in [6.07, 6.45) is 0.